The minimum atomic E-state index is 0.748. The molecule has 0 spiro atoms. The van der Waals surface area contributed by atoms with Crippen LogP contribution in [-0.4, -0.2) is 4.98 Å². The Morgan fingerprint density at radius 3 is 2.71 bits per heavy atom. The summed E-state index contributed by atoms with van der Waals surface area (Å²) in [6, 6.07) is 10.4. The molecule has 0 atom stereocenters. The molecule has 88 valence electrons. The lowest BCUT2D eigenvalue weighted by Crippen LogP contribution is -2.02. The van der Waals surface area contributed by atoms with Crippen molar-refractivity contribution in [3.63, 3.8) is 0 Å². The maximum atomic E-state index is 4.37. The molecule has 3 heteroatoms. The zero-order chi connectivity index (χ0) is 12.3. The van der Waals surface area contributed by atoms with Gasteiger partial charge in [0.1, 0.15) is 0 Å². The van der Waals surface area contributed by atoms with Gasteiger partial charge in [0.2, 0.25) is 0 Å². The summed E-state index contributed by atoms with van der Waals surface area (Å²) in [7, 11) is 0. The number of halogens is 1. The number of hydrogen-bond acceptors (Lipinski definition) is 2. The Kier molecular flexibility index (Phi) is 3.79. The number of aryl methyl sites for hydroxylation is 2. The van der Waals surface area contributed by atoms with Crippen molar-refractivity contribution in [2.45, 2.75) is 20.4 Å². The van der Waals surface area contributed by atoms with Crippen LogP contribution in [0.4, 0.5) is 5.69 Å². The number of benzene rings is 1. The van der Waals surface area contributed by atoms with Gasteiger partial charge in [-0.2, -0.15) is 0 Å². The monoisotopic (exact) mass is 290 g/mol. The smallest absolute Gasteiger partial charge is 0.0594 e. The molecule has 0 saturated carbocycles. The first-order valence-electron chi connectivity index (χ1n) is 5.57. The Morgan fingerprint density at radius 1 is 1.18 bits per heavy atom. The van der Waals surface area contributed by atoms with E-state index in [0.29, 0.717) is 0 Å². The number of nitrogens with zero attached hydrogens (tertiary/aromatic N) is 1. The maximum absolute atomic E-state index is 4.37. The summed E-state index contributed by atoms with van der Waals surface area (Å²) in [5.74, 6) is 0. The summed E-state index contributed by atoms with van der Waals surface area (Å²) in [6.45, 7) is 4.89. The zero-order valence-corrected chi connectivity index (χ0v) is 11.6. The molecule has 1 aromatic heterocycles. The number of pyridine rings is 1. The fraction of sp³-hybridized carbons (Fsp3) is 0.214. The van der Waals surface area contributed by atoms with Gasteiger partial charge in [-0.15, -0.1) is 0 Å². The molecular weight excluding hydrogens is 276 g/mol. The second-order valence-electron chi connectivity index (χ2n) is 4.14. The first-order chi connectivity index (χ1) is 8.15. The van der Waals surface area contributed by atoms with E-state index in [1.165, 1.54) is 11.1 Å². The molecule has 2 rings (SSSR count). The lowest BCUT2D eigenvalue weighted by atomic mass is 10.2. The average Bonchev–Trinajstić information content (AvgIpc) is 2.32. The van der Waals surface area contributed by atoms with E-state index in [1.54, 1.807) is 0 Å². The Hall–Kier alpha value is -1.35. The summed E-state index contributed by atoms with van der Waals surface area (Å²) < 4.78 is 1.09. The predicted octanol–water partition coefficient (Wildman–Crippen LogP) is 4.07. The molecule has 2 aromatic rings. The quantitative estimate of drug-likeness (QED) is 0.922. The van der Waals surface area contributed by atoms with Gasteiger partial charge in [-0.05, 0) is 43.2 Å². The molecule has 0 amide bonds. The van der Waals surface area contributed by atoms with Crippen LogP contribution in [0.3, 0.4) is 0 Å². The third kappa shape index (κ3) is 3.30. The fourth-order valence-corrected chi connectivity index (χ4v) is 1.93. The van der Waals surface area contributed by atoms with E-state index in [-0.39, 0.29) is 0 Å². The summed E-state index contributed by atoms with van der Waals surface area (Å²) >= 11 is 3.48. The van der Waals surface area contributed by atoms with E-state index in [9.17, 15) is 0 Å². The van der Waals surface area contributed by atoms with Crippen molar-refractivity contribution in [3.05, 3.63) is 57.8 Å². The molecule has 1 N–H and O–H groups in total. The molecule has 0 unspecified atom stereocenters. The number of hydrogen-bond donors (Lipinski definition) is 1. The van der Waals surface area contributed by atoms with Gasteiger partial charge in [-0.25, -0.2) is 0 Å². The number of aromatic nitrogens is 1. The summed E-state index contributed by atoms with van der Waals surface area (Å²) in [6.07, 6.45) is 1.89. The van der Waals surface area contributed by atoms with Gasteiger partial charge in [-0.3, -0.25) is 4.98 Å². The van der Waals surface area contributed by atoms with E-state index in [1.807, 2.05) is 19.2 Å². The molecule has 0 radical (unpaired) electrons. The number of rotatable bonds is 3. The van der Waals surface area contributed by atoms with E-state index in [4.69, 9.17) is 0 Å². The van der Waals surface area contributed by atoms with Gasteiger partial charge in [-0.1, -0.05) is 28.1 Å². The highest BCUT2D eigenvalue weighted by atomic mass is 79.9. The van der Waals surface area contributed by atoms with Crippen LogP contribution in [0.1, 0.15) is 16.8 Å². The highest BCUT2D eigenvalue weighted by Crippen LogP contribution is 2.21. The number of anilines is 1. The third-order valence-corrected chi connectivity index (χ3v) is 3.13. The molecule has 0 fully saturated rings. The Balaban J connectivity index is 2.07. The van der Waals surface area contributed by atoms with Gasteiger partial charge in [0.05, 0.1) is 12.2 Å². The van der Waals surface area contributed by atoms with Crippen LogP contribution >= 0.6 is 15.9 Å². The summed E-state index contributed by atoms with van der Waals surface area (Å²) in [5, 5.41) is 3.40. The van der Waals surface area contributed by atoms with Crippen molar-refractivity contribution in [3.8, 4) is 0 Å². The van der Waals surface area contributed by atoms with Crippen LogP contribution in [-0.2, 0) is 6.54 Å². The van der Waals surface area contributed by atoms with Crippen LogP contribution in [0.5, 0.6) is 0 Å². The lowest BCUT2D eigenvalue weighted by Gasteiger charge is -2.09. The van der Waals surface area contributed by atoms with E-state index in [0.717, 1.165) is 22.4 Å². The van der Waals surface area contributed by atoms with Crippen LogP contribution in [0.2, 0.25) is 0 Å². The second-order valence-corrected chi connectivity index (χ2v) is 5.06. The van der Waals surface area contributed by atoms with E-state index in [2.05, 4.69) is 57.4 Å². The third-order valence-electron chi connectivity index (χ3n) is 2.63. The molecule has 0 aliphatic carbocycles. The number of nitrogens with one attached hydrogen (secondary N) is 1. The first kappa shape index (κ1) is 12.1. The zero-order valence-electron chi connectivity index (χ0n) is 10.00. The molecule has 0 bridgehead atoms. The highest BCUT2D eigenvalue weighted by Gasteiger charge is 1.99. The van der Waals surface area contributed by atoms with Crippen molar-refractivity contribution < 1.29 is 0 Å². The normalized spacial score (nSPS) is 10.3. The van der Waals surface area contributed by atoms with Crippen molar-refractivity contribution in [1.29, 1.82) is 0 Å². The van der Waals surface area contributed by atoms with Gasteiger partial charge in [0, 0.05) is 16.4 Å². The SMILES string of the molecule is Cc1ccc(CNc2cc(Br)ccc2C)nc1. The topological polar surface area (TPSA) is 24.9 Å². The standard InChI is InChI=1S/C14H15BrN2/c1-10-3-6-13(16-8-10)9-17-14-7-12(15)5-4-11(14)2/h3-8,17H,9H2,1-2H3. The van der Waals surface area contributed by atoms with E-state index < -0.39 is 0 Å². The minimum absolute atomic E-state index is 0.748. The van der Waals surface area contributed by atoms with Crippen molar-refractivity contribution >= 4 is 21.6 Å². The molecule has 0 aliphatic heterocycles. The Bertz CT molecular complexity index is 506. The minimum Gasteiger partial charge on any atom is -0.379 e. The Morgan fingerprint density at radius 2 is 2.00 bits per heavy atom. The molecule has 2 nitrogen and oxygen atoms in total. The molecule has 17 heavy (non-hydrogen) atoms. The van der Waals surface area contributed by atoms with Gasteiger partial charge in [0.15, 0.2) is 0 Å². The average molecular weight is 291 g/mol. The van der Waals surface area contributed by atoms with Crippen LogP contribution in [0, 0.1) is 13.8 Å². The van der Waals surface area contributed by atoms with Crippen molar-refractivity contribution in [2.75, 3.05) is 5.32 Å². The summed E-state index contributed by atoms with van der Waals surface area (Å²) in [4.78, 5) is 4.37. The fourth-order valence-electron chi connectivity index (χ4n) is 1.57. The second kappa shape index (κ2) is 5.32. The predicted molar refractivity (Wildman–Crippen MR) is 75.2 cm³/mol. The van der Waals surface area contributed by atoms with Crippen LogP contribution in [0.25, 0.3) is 0 Å². The molecule has 0 saturated heterocycles. The Labute approximate surface area is 110 Å². The van der Waals surface area contributed by atoms with Gasteiger partial charge < -0.3 is 5.32 Å². The molecular formula is C14H15BrN2. The maximum Gasteiger partial charge on any atom is 0.0594 e. The van der Waals surface area contributed by atoms with Gasteiger partial charge in [0.25, 0.3) is 0 Å². The molecule has 0 aliphatic rings. The van der Waals surface area contributed by atoms with Gasteiger partial charge >= 0.3 is 0 Å². The van der Waals surface area contributed by atoms with Crippen molar-refractivity contribution in [2.24, 2.45) is 0 Å². The molecule has 1 aromatic carbocycles. The lowest BCUT2D eigenvalue weighted by molar-refractivity contribution is 1.03. The largest absolute Gasteiger partial charge is 0.379 e. The van der Waals surface area contributed by atoms with Crippen LogP contribution in [0.15, 0.2) is 41.0 Å². The first-order valence-corrected chi connectivity index (χ1v) is 6.36. The highest BCUT2D eigenvalue weighted by molar-refractivity contribution is 9.10. The molecule has 1 heterocycles. The van der Waals surface area contributed by atoms with E-state index >= 15 is 0 Å². The summed E-state index contributed by atoms with van der Waals surface area (Å²) in [5.41, 5.74) is 4.62. The van der Waals surface area contributed by atoms with Crippen LogP contribution < -0.4 is 5.32 Å². The van der Waals surface area contributed by atoms with Crippen molar-refractivity contribution in [1.82, 2.24) is 4.98 Å².